The van der Waals surface area contributed by atoms with Crippen molar-refractivity contribution in [3.8, 4) is 0 Å². The fraction of sp³-hybridized carbons (Fsp3) is 0.214. The van der Waals surface area contributed by atoms with Crippen LogP contribution in [0.25, 0.3) is 0 Å². The molecule has 0 saturated carbocycles. The number of aliphatic hydroxyl groups excluding tert-OH is 1. The molecule has 1 aromatic heterocycles. The monoisotopic (exact) mass is 327 g/mol. The first-order valence-corrected chi connectivity index (χ1v) is 6.52. The van der Waals surface area contributed by atoms with Gasteiger partial charge in [-0.25, -0.2) is 8.78 Å². The second-order valence-electron chi connectivity index (χ2n) is 4.16. The predicted octanol–water partition coefficient (Wildman–Crippen LogP) is 4.06. The van der Waals surface area contributed by atoms with Crippen molar-refractivity contribution in [3.63, 3.8) is 0 Å². The Morgan fingerprint density at radius 2 is 1.89 bits per heavy atom. The molecule has 100 valence electrons. The maximum Gasteiger partial charge on any atom is 0.263 e. The summed E-state index contributed by atoms with van der Waals surface area (Å²) in [6, 6.07) is 9.44. The van der Waals surface area contributed by atoms with Crippen LogP contribution in [0.1, 0.15) is 29.4 Å². The maximum absolute atomic E-state index is 12.6. The molecule has 2 rings (SSSR count). The molecule has 1 atom stereocenters. The lowest BCUT2D eigenvalue weighted by molar-refractivity contribution is 0.149. The van der Waals surface area contributed by atoms with E-state index in [2.05, 4.69) is 20.9 Å². The quantitative estimate of drug-likeness (QED) is 0.918. The van der Waals surface area contributed by atoms with Crippen LogP contribution in [0.3, 0.4) is 0 Å². The summed E-state index contributed by atoms with van der Waals surface area (Å²) in [5.41, 5.74) is 1.10. The van der Waals surface area contributed by atoms with E-state index in [1.54, 1.807) is 18.3 Å². The third-order valence-corrected chi connectivity index (χ3v) is 3.21. The summed E-state index contributed by atoms with van der Waals surface area (Å²) in [5, 5.41) is 10.1. The summed E-state index contributed by atoms with van der Waals surface area (Å²) in [4.78, 5) is 4.15. The molecule has 5 heteroatoms. The lowest BCUT2D eigenvalue weighted by atomic mass is 10.0. The number of halogens is 3. The van der Waals surface area contributed by atoms with Crippen LogP contribution >= 0.6 is 15.9 Å². The van der Waals surface area contributed by atoms with Gasteiger partial charge in [-0.2, -0.15) is 0 Å². The fourth-order valence-electron chi connectivity index (χ4n) is 1.75. The summed E-state index contributed by atoms with van der Waals surface area (Å²) in [6.07, 6.45) is -1.44. The first-order valence-electron chi connectivity index (χ1n) is 5.73. The van der Waals surface area contributed by atoms with Crippen LogP contribution in [0.4, 0.5) is 8.78 Å². The second kappa shape index (κ2) is 6.21. The molecule has 0 aliphatic heterocycles. The van der Waals surface area contributed by atoms with Crippen molar-refractivity contribution in [2.45, 2.75) is 19.0 Å². The van der Waals surface area contributed by atoms with Gasteiger partial charge in [0.2, 0.25) is 0 Å². The fourth-order valence-corrected chi connectivity index (χ4v) is 1.98. The zero-order valence-corrected chi connectivity index (χ0v) is 11.5. The van der Waals surface area contributed by atoms with Gasteiger partial charge in [0.05, 0.1) is 6.10 Å². The van der Waals surface area contributed by atoms with Gasteiger partial charge in [0.25, 0.3) is 6.43 Å². The van der Waals surface area contributed by atoms with Crippen molar-refractivity contribution in [3.05, 3.63) is 63.9 Å². The molecule has 1 N–H and O–H groups in total. The number of aromatic nitrogens is 1. The van der Waals surface area contributed by atoms with Gasteiger partial charge in [-0.3, -0.25) is 4.98 Å². The molecule has 2 nitrogen and oxygen atoms in total. The predicted molar refractivity (Wildman–Crippen MR) is 72.0 cm³/mol. The maximum atomic E-state index is 12.6. The molecule has 1 aromatic carbocycles. The molecular formula is C14H12BrF2NO. The summed E-state index contributed by atoms with van der Waals surface area (Å²) in [5.74, 6) is 0. The zero-order chi connectivity index (χ0) is 13.8. The molecule has 0 aliphatic carbocycles. The highest BCUT2D eigenvalue weighted by molar-refractivity contribution is 9.10. The highest BCUT2D eigenvalue weighted by Crippen LogP contribution is 2.24. The van der Waals surface area contributed by atoms with E-state index in [1.807, 2.05) is 6.07 Å². The lowest BCUT2D eigenvalue weighted by Crippen LogP contribution is -2.04. The molecule has 0 bridgehead atoms. The summed E-state index contributed by atoms with van der Waals surface area (Å²) < 4.78 is 26.0. The molecule has 2 aromatic rings. The molecule has 1 heterocycles. The normalized spacial score (nSPS) is 12.7. The summed E-state index contributed by atoms with van der Waals surface area (Å²) in [6.45, 7) is 0. The lowest BCUT2D eigenvalue weighted by Gasteiger charge is -2.12. The molecule has 0 radical (unpaired) electrons. The second-order valence-corrected chi connectivity index (χ2v) is 5.07. The molecule has 1 unspecified atom stereocenters. The number of hydrogen-bond donors (Lipinski definition) is 1. The van der Waals surface area contributed by atoms with Crippen molar-refractivity contribution in [2.75, 3.05) is 0 Å². The van der Waals surface area contributed by atoms with Gasteiger partial charge in [0.15, 0.2) is 0 Å². The largest absolute Gasteiger partial charge is 0.388 e. The first-order chi connectivity index (χ1) is 9.06. The van der Waals surface area contributed by atoms with Gasteiger partial charge in [0.1, 0.15) is 0 Å². The molecule has 0 amide bonds. The van der Waals surface area contributed by atoms with E-state index in [0.717, 1.165) is 4.47 Å². The van der Waals surface area contributed by atoms with Crippen molar-refractivity contribution < 1.29 is 13.9 Å². The Kier molecular flexibility index (Phi) is 4.61. The van der Waals surface area contributed by atoms with Gasteiger partial charge in [-0.15, -0.1) is 0 Å². The highest BCUT2D eigenvalue weighted by atomic mass is 79.9. The Morgan fingerprint density at radius 3 is 2.53 bits per heavy atom. The number of hydrogen-bond acceptors (Lipinski definition) is 2. The van der Waals surface area contributed by atoms with E-state index in [-0.39, 0.29) is 5.56 Å². The van der Waals surface area contributed by atoms with Gasteiger partial charge in [-0.1, -0.05) is 18.2 Å². The van der Waals surface area contributed by atoms with Crippen molar-refractivity contribution >= 4 is 15.9 Å². The van der Waals surface area contributed by atoms with Crippen LogP contribution in [0.15, 0.2) is 47.1 Å². The van der Waals surface area contributed by atoms with E-state index < -0.39 is 12.5 Å². The minimum Gasteiger partial charge on any atom is -0.388 e. The number of alkyl halides is 2. The number of nitrogens with zero attached hydrogens (tertiary/aromatic N) is 1. The third kappa shape index (κ3) is 3.81. The molecule has 0 saturated heterocycles. The van der Waals surface area contributed by atoms with Gasteiger partial charge in [-0.05, 0) is 39.7 Å². The average Bonchev–Trinajstić information content (AvgIpc) is 2.41. The average molecular weight is 328 g/mol. The van der Waals surface area contributed by atoms with Gasteiger partial charge in [0, 0.05) is 28.3 Å². The van der Waals surface area contributed by atoms with E-state index in [1.165, 1.54) is 18.2 Å². The summed E-state index contributed by atoms with van der Waals surface area (Å²) in [7, 11) is 0. The van der Waals surface area contributed by atoms with Crippen molar-refractivity contribution in [1.29, 1.82) is 0 Å². The van der Waals surface area contributed by atoms with Gasteiger partial charge < -0.3 is 5.11 Å². The number of benzene rings is 1. The highest BCUT2D eigenvalue weighted by Gasteiger charge is 2.13. The Bertz CT molecular complexity index is 545. The van der Waals surface area contributed by atoms with E-state index >= 15 is 0 Å². The van der Waals surface area contributed by atoms with E-state index in [9.17, 15) is 13.9 Å². The summed E-state index contributed by atoms with van der Waals surface area (Å²) >= 11 is 3.27. The number of pyridine rings is 1. The smallest absolute Gasteiger partial charge is 0.263 e. The Balaban J connectivity index is 2.13. The van der Waals surface area contributed by atoms with Crippen LogP contribution in [-0.2, 0) is 6.42 Å². The number of rotatable bonds is 4. The van der Waals surface area contributed by atoms with Crippen LogP contribution in [0.2, 0.25) is 0 Å². The molecule has 0 fully saturated rings. The van der Waals surface area contributed by atoms with Crippen LogP contribution in [0, 0.1) is 0 Å². The van der Waals surface area contributed by atoms with Crippen molar-refractivity contribution in [1.82, 2.24) is 4.98 Å². The standard InChI is InChI=1S/C14H12BrF2NO/c15-11-4-5-12(18-8-11)7-13(19)9-2-1-3-10(6-9)14(16)17/h1-6,8,13-14,19H,7H2. The molecular weight excluding hydrogens is 316 g/mol. The Hall–Kier alpha value is -1.33. The zero-order valence-electron chi connectivity index (χ0n) is 9.93. The number of aliphatic hydroxyl groups is 1. The van der Waals surface area contributed by atoms with Crippen LogP contribution < -0.4 is 0 Å². The topological polar surface area (TPSA) is 33.1 Å². The minimum absolute atomic E-state index is 0.0830. The van der Waals surface area contributed by atoms with Gasteiger partial charge >= 0.3 is 0 Å². The Labute approximate surface area is 118 Å². The van der Waals surface area contributed by atoms with Crippen LogP contribution in [0.5, 0.6) is 0 Å². The molecule has 0 aliphatic rings. The Morgan fingerprint density at radius 1 is 1.16 bits per heavy atom. The SMILES string of the molecule is OC(Cc1ccc(Br)cn1)c1cccc(C(F)F)c1. The third-order valence-electron chi connectivity index (χ3n) is 2.74. The molecule has 19 heavy (non-hydrogen) atoms. The van der Waals surface area contributed by atoms with E-state index in [4.69, 9.17) is 0 Å². The first kappa shape index (κ1) is 14.1. The molecule has 0 spiro atoms. The van der Waals surface area contributed by atoms with Crippen LogP contribution in [-0.4, -0.2) is 10.1 Å². The van der Waals surface area contributed by atoms with E-state index in [0.29, 0.717) is 17.7 Å². The minimum atomic E-state index is -2.53. The van der Waals surface area contributed by atoms with Crippen molar-refractivity contribution in [2.24, 2.45) is 0 Å².